The number of carbonyl (C=O) groups excluding carboxylic acids is 3. The third-order valence-electron chi connectivity index (χ3n) is 5.58. The predicted molar refractivity (Wildman–Crippen MR) is 125 cm³/mol. The lowest BCUT2D eigenvalue weighted by Gasteiger charge is -2.17. The lowest BCUT2D eigenvalue weighted by atomic mass is 10.1. The van der Waals surface area contributed by atoms with Crippen LogP contribution in [0.1, 0.15) is 52.1 Å². The summed E-state index contributed by atoms with van der Waals surface area (Å²) in [5.41, 5.74) is 3.07. The summed E-state index contributed by atoms with van der Waals surface area (Å²) in [6.45, 7) is 2.62. The van der Waals surface area contributed by atoms with E-state index < -0.39 is 0 Å². The molecule has 3 amide bonds. The number of carbonyl (C=O) groups is 3. The molecule has 3 aromatic rings. The lowest BCUT2D eigenvalue weighted by Crippen LogP contribution is -2.28. The summed E-state index contributed by atoms with van der Waals surface area (Å²) in [4.78, 5) is 39.3. The summed E-state index contributed by atoms with van der Waals surface area (Å²) in [5.74, 6) is -0.479. The van der Waals surface area contributed by atoms with Crippen LogP contribution in [0, 0.1) is 0 Å². The van der Waals surface area contributed by atoms with Crippen molar-refractivity contribution in [3.05, 3.63) is 95.6 Å². The van der Waals surface area contributed by atoms with Crippen LogP contribution in [0.15, 0.2) is 78.9 Å². The molecule has 3 aromatic carbocycles. The number of nitrogens with zero attached hydrogens (tertiary/aromatic N) is 1. The van der Waals surface area contributed by atoms with Crippen LogP contribution in [0.3, 0.4) is 0 Å². The summed E-state index contributed by atoms with van der Waals surface area (Å²) in [6, 6.07) is 23.4. The van der Waals surface area contributed by atoms with Gasteiger partial charge < -0.3 is 15.5 Å². The minimum absolute atomic E-state index is 0.104. The molecule has 0 bridgehead atoms. The SMILES string of the molecule is C[C@H](NC(=O)c1ccccc1NC(=O)c1ccc(N2CCCC2=O)cc1)c1ccccc1. The minimum atomic E-state index is -0.319. The molecule has 4 rings (SSSR count). The monoisotopic (exact) mass is 427 g/mol. The van der Waals surface area contributed by atoms with Gasteiger partial charge in [-0.1, -0.05) is 42.5 Å². The van der Waals surface area contributed by atoms with E-state index in [4.69, 9.17) is 0 Å². The lowest BCUT2D eigenvalue weighted by molar-refractivity contribution is -0.117. The van der Waals surface area contributed by atoms with Crippen molar-refractivity contribution in [1.29, 1.82) is 0 Å². The predicted octanol–water partition coefficient (Wildman–Crippen LogP) is 4.56. The highest BCUT2D eigenvalue weighted by atomic mass is 16.2. The molecule has 1 fully saturated rings. The largest absolute Gasteiger partial charge is 0.345 e. The van der Waals surface area contributed by atoms with Crippen LogP contribution in [0.4, 0.5) is 11.4 Å². The summed E-state index contributed by atoms with van der Waals surface area (Å²) in [7, 11) is 0. The van der Waals surface area contributed by atoms with E-state index in [2.05, 4.69) is 10.6 Å². The van der Waals surface area contributed by atoms with E-state index in [1.807, 2.05) is 37.3 Å². The zero-order valence-electron chi connectivity index (χ0n) is 17.9. The molecule has 162 valence electrons. The Morgan fingerprint density at radius 1 is 0.875 bits per heavy atom. The molecule has 6 nitrogen and oxygen atoms in total. The molecule has 0 saturated carbocycles. The van der Waals surface area contributed by atoms with Crippen LogP contribution in [-0.2, 0) is 4.79 Å². The van der Waals surface area contributed by atoms with Crippen molar-refractivity contribution in [2.45, 2.75) is 25.8 Å². The van der Waals surface area contributed by atoms with Crippen LogP contribution < -0.4 is 15.5 Å². The molecular weight excluding hydrogens is 402 g/mol. The Hall–Kier alpha value is -3.93. The molecule has 1 aliphatic rings. The van der Waals surface area contributed by atoms with Crippen LogP contribution >= 0.6 is 0 Å². The van der Waals surface area contributed by atoms with E-state index in [-0.39, 0.29) is 23.8 Å². The molecule has 0 aliphatic carbocycles. The van der Waals surface area contributed by atoms with Crippen LogP contribution in [0.5, 0.6) is 0 Å². The Morgan fingerprint density at radius 2 is 1.56 bits per heavy atom. The number of para-hydroxylation sites is 1. The Bertz CT molecular complexity index is 1130. The molecule has 0 spiro atoms. The molecule has 1 aliphatic heterocycles. The number of anilines is 2. The van der Waals surface area contributed by atoms with Gasteiger partial charge in [-0.25, -0.2) is 0 Å². The van der Waals surface area contributed by atoms with Crippen molar-refractivity contribution in [1.82, 2.24) is 5.32 Å². The maximum atomic E-state index is 12.9. The van der Waals surface area contributed by atoms with E-state index in [1.165, 1.54) is 0 Å². The van der Waals surface area contributed by atoms with Gasteiger partial charge in [-0.3, -0.25) is 14.4 Å². The third kappa shape index (κ3) is 4.70. The molecule has 0 unspecified atom stereocenters. The molecular formula is C26H25N3O3. The summed E-state index contributed by atoms with van der Waals surface area (Å²) in [6.07, 6.45) is 1.41. The van der Waals surface area contributed by atoms with Crippen molar-refractivity contribution < 1.29 is 14.4 Å². The maximum Gasteiger partial charge on any atom is 0.255 e. The normalized spacial score (nSPS) is 14.2. The van der Waals surface area contributed by atoms with Crippen LogP contribution in [-0.4, -0.2) is 24.3 Å². The zero-order chi connectivity index (χ0) is 22.5. The van der Waals surface area contributed by atoms with Crippen molar-refractivity contribution in [3.63, 3.8) is 0 Å². The van der Waals surface area contributed by atoms with Crippen LogP contribution in [0.25, 0.3) is 0 Å². The summed E-state index contributed by atoms with van der Waals surface area (Å²) in [5, 5.41) is 5.82. The van der Waals surface area contributed by atoms with Crippen molar-refractivity contribution in [3.8, 4) is 0 Å². The molecule has 32 heavy (non-hydrogen) atoms. The van der Waals surface area contributed by atoms with E-state index in [0.29, 0.717) is 29.8 Å². The highest BCUT2D eigenvalue weighted by molar-refractivity contribution is 6.09. The smallest absolute Gasteiger partial charge is 0.255 e. The topological polar surface area (TPSA) is 78.5 Å². The molecule has 6 heteroatoms. The molecule has 0 radical (unpaired) electrons. The minimum Gasteiger partial charge on any atom is -0.345 e. The summed E-state index contributed by atoms with van der Waals surface area (Å²) < 4.78 is 0. The van der Waals surface area contributed by atoms with E-state index in [9.17, 15) is 14.4 Å². The van der Waals surface area contributed by atoms with E-state index in [1.54, 1.807) is 53.4 Å². The average Bonchev–Trinajstić information content (AvgIpc) is 3.25. The third-order valence-corrected chi connectivity index (χ3v) is 5.58. The summed E-state index contributed by atoms with van der Waals surface area (Å²) >= 11 is 0. The van der Waals surface area contributed by atoms with Crippen molar-refractivity contribution in [2.75, 3.05) is 16.8 Å². The quantitative estimate of drug-likeness (QED) is 0.605. The Morgan fingerprint density at radius 3 is 2.25 bits per heavy atom. The molecule has 1 atom stereocenters. The van der Waals surface area contributed by atoms with Crippen molar-refractivity contribution >= 4 is 29.1 Å². The first-order valence-corrected chi connectivity index (χ1v) is 10.7. The molecule has 1 saturated heterocycles. The number of benzene rings is 3. The Labute approximate surface area is 187 Å². The van der Waals surface area contributed by atoms with Gasteiger partial charge in [0.15, 0.2) is 0 Å². The second-order valence-electron chi connectivity index (χ2n) is 7.80. The Kier molecular flexibility index (Phi) is 6.31. The number of hydrogen-bond donors (Lipinski definition) is 2. The highest BCUT2D eigenvalue weighted by Crippen LogP contribution is 2.23. The van der Waals surface area contributed by atoms with Gasteiger partial charge in [0.25, 0.3) is 11.8 Å². The second-order valence-corrected chi connectivity index (χ2v) is 7.80. The fraction of sp³-hybridized carbons (Fsp3) is 0.192. The van der Waals surface area contributed by atoms with Gasteiger partial charge in [-0.2, -0.15) is 0 Å². The maximum absolute atomic E-state index is 12.9. The van der Waals surface area contributed by atoms with Gasteiger partial charge in [0.05, 0.1) is 17.3 Å². The van der Waals surface area contributed by atoms with Gasteiger partial charge >= 0.3 is 0 Å². The molecule has 0 aromatic heterocycles. The molecule has 2 N–H and O–H groups in total. The fourth-order valence-electron chi connectivity index (χ4n) is 3.80. The van der Waals surface area contributed by atoms with Crippen LogP contribution in [0.2, 0.25) is 0 Å². The first-order valence-electron chi connectivity index (χ1n) is 10.7. The zero-order valence-corrected chi connectivity index (χ0v) is 17.9. The highest BCUT2D eigenvalue weighted by Gasteiger charge is 2.22. The average molecular weight is 428 g/mol. The van der Waals surface area contributed by atoms with Crippen molar-refractivity contribution in [2.24, 2.45) is 0 Å². The van der Waals surface area contributed by atoms with E-state index >= 15 is 0 Å². The van der Waals surface area contributed by atoms with Gasteiger partial charge in [0, 0.05) is 24.2 Å². The molecule has 1 heterocycles. The first kappa shape index (κ1) is 21.3. The van der Waals surface area contributed by atoms with E-state index in [0.717, 1.165) is 17.7 Å². The van der Waals surface area contributed by atoms with Gasteiger partial charge in [-0.15, -0.1) is 0 Å². The Balaban J connectivity index is 1.46. The number of nitrogens with one attached hydrogen (secondary N) is 2. The number of amides is 3. The first-order chi connectivity index (χ1) is 15.5. The van der Waals surface area contributed by atoms with Gasteiger partial charge in [0.2, 0.25) is 5.91 Å². The number of rotatable bonds is 6. The second kappa shape index (κ2) is 9.47. The standard InChI is InChI=1S/C26H25N3O3/c1-18(19-8-3-2-4-9-19)27-26(32)22-10-5-6-11-23(22)28-25(31)20-13-15-21(16-14-20)29-17-7-12-24(29)30/h2-6,8-11,13-16,18H,7,12,17H2,1H3,(H,27,32)(H,28,31)/t18-/m0/s1. The van der Waals surface area contributed by atoms with Gasteiger partial charge in [-0.05, 0) is 55.3 Å². The van der Waals surface area contributed by atoms with Gasteiger partial charge in [0.1, 0.15) is 0 Å². The number of hydrogen-bond acceptors (Lipinski definition) is 3. The fourth-order valence-corrected chi connectivity index (χ4v) is 3.80.